The topological polar surface area (TPSA) is 34.8 Å². The van der Waals surface area contributed by atoms with Gasteiger partial charge in [0.05, 0.1) is 13.2 Å². The number of allylic oxidation sites excluding steroid dienone is 1. The van der Waals surface area contributed by atoms with Gasteiger partial charge in [-0.25, -0.2) is 0 Å². The summed E-state index contributed by atoms with van der Waals surface area (Å²) in [7, 11) is 1.67. The van der Waals surface area contributed by atoms with Crippen LogP contribution in [-0.4, -0.2) is 37.3 Å². The fourth-order valence-corrected chi connectivity index (χ4v) is 3.29. The monoisotopic (exact) mass is 427 g/mol. The van der Waals surface area contributed by atoms with Gasteiger partial charge in [0, 0.05) is 13.7 Å². The Bertz CT molecular complexity index is 837. The lowest BCUT2D eigenvalue weighted by atomic mass is 10.1. The second-order valence-electron chi connectivity index (χ2n) is 7.46. The van der Waals surface area contributed by atoms with E-state index in [-0.39, 0.29) is 0 Å². The smallest absolute Gasteiger partial charge is 0.129 e. The number of hydrogen-bond donors (Lipinski definition) is 0. The molecule has 0 atom stereocenters. The summed E-state index contributed by atoms with van der Waals surface area (Å²) in [6, 6.07) is 6.12. The van der Waals surface area contributed by atoms with E-state index >= 15 is 0 Å². The molecule has 0 aliphatic rings. The predicted octanol–water partition coefficient (Wildman–Crippen LogP) is 5.77. The molecule has 2 rings (SSSR count). The van der Waals surface area contributed by atoms with E-state index in [1.165, 1.54) is 5.56 Å². The number of methoxy groups -OCH3 is 1. The van der Waals surface area contributed by atoms with Gasteiger partial charge in [-0.3, -0.25) is 4.90 Å². The Labute approximate surface area is 185 Å². The minimum atomic E-state index is -0.417. The first kappa shape index (κ1) is 24.2. The van der Waals surface area contributed by atoms with E-state index in [1.807, 2.05) is 38.1 Å². The SMILES string of the molecule is CCCN(CC=CC#CC(C)(C)OC)Cc1ccc(COCC=Cc2ccsc2)o1. The Kier molecular flexibility index (Phi) is 10.7. The fourth-order valence-electron chi connectivity index (χ4n) is 2.67. The highest BCUT2D eigenvalue weighted by atomic mass is 32.1. The van der Waals surface area contributed by atoms with E-state index < -0.39 is 5.60 Å². The molecule has 30 heavy (non-hydrogen) atoms. The second kappa shape index (κ2) is 13.3. The largest absolute Gasteiger partial charge is 0.462 e. The lowest BCUT2D eigenvalue weighted by molar-refractivity contribution is 0.0742. The molecule has 0 N–H and O–H groups in total. The van der Waals surface area contributed by atoms with Crippen LogP contribution in [0, 0.1) is 11.8 Å². The number of rotatable bonds is 12. The Balaban J connectivity index is 1.76. The van der Waals surface area contributed by atoms with Gasteiger partial charge < -0.3 is 13.9 Å². The van der Waals surface area contributed by atoms with Crippen LogP contribution in [0.25, 0.3) is 6.08 Å². The Hall–Kier alpha value is -2.10. The molecule has 0 aliphatic carbocycles. The maximum absolute atomic E-state index is 5.94. The van der Waals surface area contributed by atoms with Gasteiger partial charge >= 0.3 is 0 Å². The lowest BCUT2D eigenvalue weighted by Gasteiger charge is -2.18. The van der Waals surface area contributed by atoms with Crippen LogP contribution in [0.1, 0.15) is 44.3 Å². The summed E-state index contributed by atoms with van der Waals surface area (Å²) in [6.45, 7) is 9.74. The molecule has 0 bridgehead atoms. The number of ether oxygens (including phenoxy) is 2. The summed E-state index contributed by atoms with van der Waals surface area (Å²) in [6.07, 6.45) is 9.16. The minimum absolute atomic E-state index is 0.417. The third kappa shape index (κ3) is 9.60. The summed E-state index contributed by atoms with van der Waals surface area (Å²) < 4.78 is 16.9. The van der Waals surface area contributed by atoms with Gasteiger partial charge in [0.25, 0.3) is 0 Å². The van der Waals surface area contributed by atoms with Gasteiger partial charge in [-0.2, -0.15) is 11.3 Å². The summed E-state index contributed by atoms with van der Waals surface area (Å²) >= 11 is 1.69. The van der Waals surface area contributed by atoms with Crippen LogP contribution in [0.3, 0.4) is 0 Å². The number of hydrogen-bond acceptors (Lipinski definition) is 5. The van der Waals surface area contributed by atoms with Crippen LogP contribution in [-0.2, 0) is 22.6 Å². The van der Waals surface area contributed by atoms with Crippen LogP contribution in [0.15, 0.2) is 51.6 Å². The highest BCUT2D eigenvalue weighted by molar-refractivity contribution is 7.08. The summed E-state index contributed by atoms with van der Waals surface area (Å²) in [5.74, 6) is 7.96. The quantitative estimate of drug-likeness (QED) is 0.318. The molecule has 0 aliphatic heterocycles. The first-order chi connectivity index (χ1) is 14.5. The van der Waals surface area contributed by atoms with Gasteiger partial charge in [-0.1, -0.05) is 37.0 Å². The van der Waals surface area contributed by atoms with Crippen LogP contribution >= 0.6 is 11.3 Å². The minimum Gasteiger partial charge on any atom is -0.462 e. The molecule has 4 nitrogen and oxygen atoms in total. The van der Waals surface area contributed by atoms with Crippen molar-refractivity contribution in [2.45, 2.75) is 45.9 Å². The van der Waals surface area contributed by atoms with Crippen LogP contribution < -0.4 is 0 Å². The molecule has 0 fully saturated rings. The maximum Gasteiger partial charge on any atom is 0.129 e. The molecule has 5 heteroatoms. The van der Waals surface area contributed by atoms with Crippen molar-refractivity contribution in [2.24, 2.45) is 0 Å². The zero-order valence-corrected chi connectivity index (χ0v) is 19.3. The third-order valence-electron chi connectivity index (χ3n) is 4.40. The second-order valence-corrected chi connectivity index (χ2v) is 8.24. The number of thiophene rings is 1. The van der Waals surface area contributed by atoms with Crippen molar-refractivity contribution < 1.29 is 13.9 Å². The zero-order valence-electron chi connectivity index (χ0n) is 18.5. The summed E-state index contributed by atoms with van der Waals surface area (Å²) in [5, 5.41) is 4.18. The molecule has 0 amide bonds. The first-order valence-electron chi connectivity index (χ1n) is 10.3. The van der Waals surface area contributed by atoms with Crippen LogP contribution in [0.2, 0.25) is 0 Å². The molecular formula is C25H33NO3S. The van der Waals surface area contributed by atoms with Crippen molar-refractivity contribution in [3.63, 3.8) is 0 Å². The molecule has 2 aromatic heterocycles. The standard InChI is InChI=1S/C25H33NO3S/c1-5-15-26(16-8-6-7-14-25(2,3)27-4)19-23-11-12-24(29-23)20-28-17-9-10-22-13-18-30-21-22/h6,8-13,18,21H,5,15-17,19-20H2,1-4H3. The summed E-state index contributed by atoms with van der Waals surface area (Å²) in [5.41, 5.74) is 0.794. The average Bonchev–Trinajstić information content (AvgIpc) is 3.40. The Morgan fingerprint density at radius 1 is 1.20 bits per heavy atom. The molecule has 2 heterocycles. The van der Waals surface area contributed by atoms with Crippen molar-refractivity contribution in [2.75, 3.05) is 26.8 Å². The van der Waals surface area contributed by atoms with Gasteiger partial charge in [0.15, 0.2) is 0 Å². The molecule has 0 radical (unpaired) electrons. The van der Waals surface area contributed by atoms with Crippen LogP contribution in [0.5, 0.6) is 0 Å². The molecule has 0 spiro atoms. The normalized spacial score (nSPS) is 12.2. The molecule has 0 unspecified atom stereocenters. The van der Waals surface area contributed by atoms with Crippen LogP contribution in [0.4, 0.5) is 0 Å². The zero-order chi connectivity index (χ0) is 21.7. The highest BCUT2D eigenvalue weighted by Crippen LogP contribution is 2.13. The van der Waals surface area contributed by atoms with E-state index in [1.54, 1.807) is 18.4 Å². The lowest BCUT2D eigenvalue weighted by Crippen LogP contribution is -2.24. The van der Waals surface area contributed by atoms with E-state index in [0.717, 1.165) is 37.6 Å². The third-order valence-corrected chi connectivity index (χ3v) is 5.10. The molecular weight excluding hydrogens is 394 g/mol. The van der Waals surface area contributed by atoms with Crippen molar-refractivity contribution in [3.8, 4) is 11.8 Å². The average molecular weight is 428 g/mol. The fraction of sp³-hybridized carbons (Fsp3) is 0.440. The van der Waals surface area contributed by atoms with E-state index in [9.17, 15) is 0 Å². The van der Waals surface area contributed by atoms with Gasteiger partial charge in [0.1, 0.15) is 23.7 Å². The number of furan rings is 1. The van der Waals surface area contributed by atoms with Crippen molar-refractivity contribution in [1.82, 2.24) is 4.90 Å². The van der Waals surface area contributed by atoms with Crippen molar-refractivity contribution >= 4 is 17.4 Å². The predicted molar refractivity (Wildman–Crippen MR) is 125 cm³/mol. The Morgan fingerprint density at radius 3 is 2.77 bits per heavy atom. The molecule has 0 saturated heterocycles. The van der Waals surface area contributed by atoms with Crippen molar-refractivity contribution in [3.05, 3.63) is 64.3 Å². The Morgan fingerprint density at radius 2 is 2.03 bits per heavy atom. The summed E-state index contributed by atoms with van der Waals surface area (Å²) in [4.78, 5) is 2.34. The van der Waals surface area contributed by atoms with E-state index in [2.05, 4.69) is 52.6 Å². The maximum atomic E-state index is 5.94. The molecule has 0 aromatic carbocycles. The van der Waals surface area contributed by atoms with Crippen molar-refractivity contribution in [1.29, 1.82) is 0 Å². The van der Waals surface area contributed by atoms with Gasteiger partial charge in [-0.15, -0.1) is 0 Å². The van der Waals surface area contributed by atoms with E-state index in [0.29, 0.717) is 13.2 Å². The van der Waals surface area contributed by atoms with Gasteiger partial charge in [0.2, 0.25) is 0 Å². The first-order valence-corrected chi connectivity index (χ1v) is 11.3. The van der Waals surface area contributed by atoms with E-state index in [4.69, 9.17) is 13.9 Å². The molecule has 162 valence electrons. The molecule has 0 saturated carbocycles. The molecule has 2 aromatic rings. The van der Waals surface area contributed by atoms with Gasteiger partial charge in [-0.05, 0) is 67.4 Å². The number of nitrogens with zero attached hydrogens (tertiary/aromatic N) is 1. The highest BCUT2D eigenvalue weighted by Gasteiger charge is 2.10.